The van der Waals surface area contributed by atoms with Crippen molar-refractivity contribution >= 4 is 22.8 Å². The van der Waals surface area contributed by atoms with Crippen LogP contribution in [0.4, 0.5) is 17.2 Å². The van der Waals surface area contributed by atoms with Crippen molar-refractivity contribution in [1.82, 2.24) is 29.4 Å². The summed E-state index contributed by atoms with van der Waals surface area (Å²) in [6, 6.07) is 8.07. The van der Waals surface area contributed by atoms with Crippen LogP contribution in [0.1, 0.15) is 44.1 Å². The molecule has 1 aromatic carbocycles. The quantitative estimate of drug-likeness (QED) is 0.550. The van der Waals surface area contributed by atoms with Gasteiger partial charge >= 0.3 is 0 Å². The standard InChI is InChI=1S/C21H24N8/c1-14-2-4-15(5-3-14)18-19(21-24-10-11-28(21)27-20(18)22)26-16-6-8-17(9-7-16)29-13-23-12-25-29/h6-15,26H,2-5H2,1H3,(H2,22,27)/t14-,15-. The number of nitrogens with two attached hydrogens (primary N) is 1. The first-order valence-electron chi connectivity index (χ1n) is 10.0. The molecule has 8 nitrogen and oxygen atoms in total. The van der Waals surface area contributed by atoms with E-state index in [0.717, 1.165) is 47.0 Å². The normalized spacial score (nSPS) is 19.5. The van der Waals surface area contributed by atoms with Crippen molar-refractivity contribution in [3.05, 3.63) is 54.9 Å². The van der Waals surface area contributed by atoms with Crippen molar-refractivity contribution in [3.63, 3.8) is 0 Å². The van der Waals surface area contributed by atoms with Gasteiger partial charge < -0.3 is 11.1 Å². The zero-order valence-electron chi connectivity index (χ0n) is 16.4. The number of imidazole rings is 1. The Kier molecular flexibility index (Phi) is 4.38. The third kappa shape index (κ3) is 3.30. The van der Waals surface area contributed by atoms with Gasteiger partial charge in [0, 0.05) is 23.6 Å². The summed E-state index contributed by atoms with van der Waals surface area (Å²) in [6.07, 6.45) is 11.5. The molecule has 3 heterocycles. The first-order valence-corrected chi connectivity index (χ1v) is 10.0. The van der Waals surface area contributed by atoms with Crippen molar-refractivity contribution in [1.29, 1.82) is 0 Å². The molecule has 148 valence electrons. The minimum Gasteiger partial charge on any atom is -0.382 e. The van der Waals surface area contributed by atoms with Gasteiger partial charge in [0.05, 0.1) is 11.4 Å². The molecule has 8 heteroatoms. The van der Waals surface area contributed by atoms with E-state index in [-0.39, 0.29) is 0 Å². The number of hydrogen-bond acceptors (Lipinski definition) is 6. The fourth-order valence-corrected chi connectivity index (χ4v) is 4.24. The Morgan fingerprint density at radius 3 is 2.62 bits per heavy atom. The molecule has 29 heavy (non-hydrogen) atoms. The van der Waals surface area contributed by atoms with E-state index in [2.05, 4.69) is 32.4 Å². The van der Waals surface area contributed by atoms with Gasteiger partial charge in [-0.3, -0.25) is 0 Å². The number of nitrogens with zero attached hydrogens (tertiary/aromatic N) is 6. The summed E-state index contributed by atoms with van der Waals surface area (Å²) in [5, 5.41) is 12.3. The monoisotopic (exact) mass is 388 g/mol. The maximum atomic E-state index is 6.44. The Morgan fingerprint density at radius 1 is 1.10 bits per heavy atom. The van der Waals surface area contributed by atoms with Crippen LogP contribution in [0, 0.1) is 5.92 Å². The van der Waals surface area contributed by atoms with Gasteiger partial charge in [-0.2, -0.15) is 5.10 Å². The maximum Gasteiger partial charge on any atom is 0.177 e. The average Bonchev–Trinajstić information content (AvgIpc) is 3.42. The van der Waals surface area contributed by atoms with E-state index in [1.807, 2.05) is 30.5 Å². The van der Waals surface area contributed by atoms with Crippen LogP contribution in [0.25, 0.3) is 11.3 Å². The molecule has 3 aromatic heterocycles. The molecular formula is C21H24N8. The summed E-state index contributed by atoms with van der Waals surface area (Å²) in [5.74, 6) is 1.76. The number of hydrogen-bond donors (Lipinski definition) is 2. The van der Waals surface area contributed by atoms with Crippen molar-refractivity contribution in [2.45, 2.75) is 38.5 Å². The third-order valence-corrected chi connectivity index (χ3v) is 5.85. The van der Waals surface area contributed by atoms with Gasteiger partial charge in [-0.15, -0.1) is 5.10 Å². The predicted octanol–water partition coefficient (Wildman–Crippen LogP) is 3.93. The number of anilines is 3. The molecule has 1 fully saturated rings. The average molecular weight is 388 g/mol. The van der Waals surface area contributed by atoms with Gasteiger partial charge in [0.1, 0.15) is 18.5 Å². The van der Waals surface area contributed by atoms with Crippen molar-refractivity contribution < 1.29 is 0 Å². The largest absolute Gasteiger partial charge is 0.382 e. The topological polar surface area (TPSA) is 98.9 Å². The highest BCUT2D eigenvalue weighted by Crippen LogP contribution is 2.42. The first-order chi connectivity index (χ1) is 14.2. The highest BCUT2D eigenvalue weighted by molar-refractivity contribution is 5.80. The van der Waals surface area contributed by atoms with Crippen LogP contribution < -0.4 is 11.1 Å². The number of benzene rings is 1. The fraction of sp³-hybridized carbons (Fsp3) is 0.333. The molecule has 1 aliphatic rings. The maximum absolute atomic E-state index is 6.44. The van der Waals surface area contributed by atoms with Crippen LogP contribution in [0.5, 0.6) is 0 Å². The Hall–Kier alpha value is -3.42. The van der Waals surface area contributed by atoms with Crippen molar-refractivity contribution in [2.75, 3.05) is 11.1 Å². The van der Waals surface area contributed by atoms with Gasteiger partial charge in [-0.05, 0) is 48.9 Å². The van der Waals surface area contributed by atoms with Crippen LogP contribution in [0.15, 0.2) is 49.3 Å². The lowest BCUT2D eigenvalue weighted by molar-refractivity contribution is 0.348. The number of aromatic nitrogens is 6. The molecule has 0 saturated heterocycles. The first kappa shape index (κ1) is 17.7. The molecule has 4 aromatic rings. The van der Waals surface area contributed by atoms with Crippen molar-refractivity contribution in [2.24, 2.45) is 5.92 Å². The number of nitrogens with one attached hydrogen (secondary N) is 1. The Labute approximate surface area is 168 Å². The predicted molar refractivity (Wildman–Crippen MR) is 112 cm³/mol. The van der Waals surface area contributed by atoms with E-state index >= 15 is 0 Å². The smallest absolute Gasteiger partial charge is 0.177 e. The van der Waals surface area contributed by atoms with Crippen LogP contribution in [0.2, 0.25) is 0 Å². The summed E-state index contributed by atoms with van der Waals surface area (Å²) in [6.45, 7) is 2.32. The summed E-state index contributed by atoms with van der Waals surface area (Å²) in [7, 11) is 0. The lowest BCUT2D eigenvalue weighted by Crippen LogP contribution is -2.16. The summed E-state index contributed by atoms with van der Waals surface area (Å²) in [4.78, 5) is 8.54. The molecule has 0 unspecified atom stereocenters. The van der Waals surface area contributed by atoms with E-state index in [0.29, 0.717) is 11.7 Å². The second-order valence-electron chi connectivity index (χ2n) is 7.84. The number of nitrogen functional groups attached to an aromatic ring is 1. The van der Waals surface area contributed by atoms with Crippen LogP contribution >= 0.6 is 0 Å². The zero-order chi connectivity index (χ0) is 19.8. The molecular weight excluding hydrogens is 364 g/mol. The number of fused-ring (bicyclic) bond motifs is 1. The molecule has 3 N–H and O–H groups in total. The summed E-state index contributed by atoms with van der Waals surface area (Å²) < 4.78 is 3.48. The minimum atomic E-state index is 0.400. The van der Waals surface area contributed by atoms with E-state index in [4.69, 9.17) is 5.73 Å². The highest BCUT2D eigenvalue weighted by Gasteiger charge is 2.27. The Bertz CT molecular complexity index is 1110. The second kappa shape index (κ2) is 7.20. The number of rotatable bonds is 4. The Balaban J connectivity index is 1.53. The fourth-order valence-electron chi connectivity index (χ4n) is 4.24. The van der Waals surface area contributed by atoms with Gasteiger partial charge in [-0.1, -0.05) is 19.8 Å². The molecule has 0 amide bonds. The Morgan fingerprint density at radius 2 is 1.90 bits per heavy atom. The lowest BCUT2D eigenvalue weighted by Gasteiger charge is -2.29. The molecule has 0 spiro atoms. The minimum absolute atomic E-state index is 0.400. The van der Waals surface area contributed by atoms with E-state index in [1.54, 1.807) is 21.7 Å². The van der Waals surface area contributed by atoms with Crippen molar-refractivity contribution in [3.8, 4) is 5.69 Å². The second-order valence-corrected chi connectivity index (χ2v) is 7.84. The van der Waals surface area contributed by atoms with Gasteiger partial charge in [0.2, 0.25) is 0 Å². The zero-order valence-corrected chi connectivity index (χ0v) is 16.4. The van der Waals surface area contributed by atoms with Gasteiger partial charge in [0.15, 0.2) is 5.65 Å². The van der Waals surface area contributed by atoms with Crippen LogP contribution in [-0.4, -0.2) is 29.4 Å². The molecule has 0 bridgehead atoms. The summed E-state index contributed by atoms with van der Waals surface area (Å²) >= 11 is 0. The van der Waals surface area contributed by atoms with Crippen LogP contribution in [-0.2, 0) is 0 Å². The molecule has 0 aliphatic heterocycles. The van der Waals surface area contributed by atoms with Crippen LogP contribution in [0.3, 0.4) is 0 Å². The SMILES string of the molecule is C[C@H]1CC[C@H](c2c(N)nn3ccnc3c2Nc2ccc(-n3cncn3)cc2)CC1. The summed E-state index contributed by atoms with van der Waals surface area (Å²) in [5.41, 5.74) is 11.2. The third-order valence-electron chi connectivity index (χ3n) is 5.85. The molecule has 1 saturated carbocycles. The highest BCUT2D eigenvalue weighted by atomic mass is 15.3. The van der Waals surface area contributed by atoms with E-state index < -0.39 is 0 Å². The molecule has 0 atom stereocenters. The molecule has 0 radical (unpaired) electrons. The van der Waals surface area contributed by atoms with E-state index in [1.165, 1.54) is 19.2 Å². The molecule has 1 aliphatic carbocycles. The molecule has 5 rings (SSSR count). The van der Waals surface area contributed by atoms with E-state index in [9.17, 15) is 0 Å². The van der Waals surface area contributed by atoms with Gasteiger partial charge in [-0.25, -0.2) is 19.2 Å². The lowest BCUT2D eigenvalue weighted by atomic mass is 9.79. The van der Waals surface area contributed by atoms with Gasteiger partial charge in [0.25, 0.3) is 0 Å².